The second-order valence-electron chi connectivity index (χ2n) is 7.66. The maximum atomic E-state index is 13.0. The summed E-state index contributed by atoms with van der Waals surface area (Å²) in [6.45, 7) is 1.89. The Morgan fingerprint density at radius 2 is 1.94 bits per heavy atom. The number of hydrogen-bond donors (Lipinski definition) is 1. The number of carbonyl (C=O) groups excluding carboxylic acids is 3. The van der Waals surface area contributed by atoms with Crippen molar-refractivity contribution in [1.82, 2.24) is 5.32 Å². The Hall–Kier alpha value is -3.10. The smallest absolute Gasteiger partial charge is 0.416 e. The number of allylic oxidation sites excluding steroid dienone is 3. The molecule has 1 aliphatic carbocycles. The van der Waals surface area contributed by atoms with E-state index in [1.54, 1.807) is 19.1 Å². The molecule has 0 fully saturated rings. The fourth-order valence-electron chi connectivity index (χ4n) is 3.51. The third-order valence-corrected chi connectivity index (χ3v) is 5.17. The Balaban J connectivity index is 2.02. The average molecular weight is 467 g/mol. The molecule has 0 bridgehead atoms. The highest BCUT2D eigenvalue weighted by molar-refractivity contribution is 5.82. The average Bonchev–Trinajstić information content (AvgIpc) is 2.77. The van der Waals surface area contributed by atoms with Gasteiger partial charge in [0, 0.05) is 18.4 Å². The van der Waals surface area contributed by atoms with E-state index in [1.165, 1.54) is 13.2 Å². The molecule has 180 valence electrons. The lowest BCUT2D eigenvalue weighted by Gasteiger charge is -2.22. The van der Waals surface area contributed by atoms with E-state index in [-0.39, 0.29) is 31.8 Å². The van der Waals surface area contributed by atoms with Crippen LogP contribution in [0, 0.1) is 0 Å². The van der Waals surface area contributed by atoms with Crippen molar-refractivity contribution in [2.24, 2.45) is 0 Å². The van der Waals surface area contributed by atoms with E-state index in [1.807, 2.05) is 12.2 Å². The number of carbonyl (C=O) groups is 3. The highest BCUT2D eigenvalue weighted by Gasteiger charge is 2.31. The molecule has 2 atom stereocenters. The maximum absolute atomic E-state index is 13.0. The molecule has 0 heterocycles. The van der Waals surface area contributed by atoms with Crippen LogP contribution in [0.3, 0.4) is 0 Å². The fraction of sp³-hybridized carbons (Fsp3) is 0.458. The van der Waals surface area contributed by atoms with E-state index >= 15 is 0 Å². The first kappa shape index (κ1) is 26.2. The van der Waals surface area contributed by atoms with Gasteiger partial charge in [-0.2, -0.15) is 13.2 Å². The number of amides is 1. The lowest BCUT2D eigenvalue weighted by molar-refractivity contribution is -0.144. The van der Waals surface area contributed by atoms with Crippen LogP contribution in [0.15, 0.2) is 48.1 Å². The summed E-state index contributed by atoms with van der Waals surface area (Å²) < 4.78 is 48.5. The number of halogens is 3. The topological polar surface area (TPSA) is 81.7 Å². The van der Waals surface area contributed by atoms with Gasteiger partial charge in [0.15, 0.2) is 0 Å². The van der Waals surface area contributed by atoms with Crippen molar-refractivity contribution in [2.75, 3.05) is 13.7 Å². The number of esters is 2. The number of methoxy groups -OCH3 is 1. The molecule has 0 spiro atoms. The molecule has 0 saturated carbocycles. The van der Waals surface area contributed by atoms with E-state index < -0.39 is 35.6 Å². The van der Waals surface area contributed by atoms with E-state index in [0.29, 0.717) is 18.4 Å². The molecule has 6 nitrogen and oxygen atoms in total. The van der Waals surface area contributed by atoms with Gasteiger partial charge in [0.2, 0.25) is 5.91 Å². The first-order valence-corrected chi connectivity index (χ1v) is 10.7. The minimum absolute atomic E-state index is 0.0416. The Kier molecular flexibility index (Phi) is 9.69. The predicted molar refractivity (Wildman–Crippen MR) is 115 cm³/mol. The summed E-state index contributed by atoms with van der Waals surface area (Å²) in [6.07, 6.45) is 1.77. The van der Waals surface area contributed by atoms with E-state index in [9.17, 15) is 27.6 Å². The van der Waals surface area contributed by atoms with Crippen LogP contribution >= 0.6 is 0 Å². The summed E-state index contributed by atoms with van der Waals surface area (Å²) in [7, 11) is 1.23. The minimum atomic E-state index is -4.40. The normalized spacial score (nSPS) is 16.5. The first-order chi connectivity index (χ1) is 15.6. The van der Waals surface area contributed by atoms with E-state index in [0.717, 1.165) is 17.7 Å². The van der Waals surface area contributed by atoms with Gasteiger partial charge in [0.05, 0.1) is 32.1 Å². The van der Waals surface area contributed by atoms with Crippen molar-refractivity contribution in [3.8, 4) is 0 Å². The zero-order chi connectivity index (χ0) is 24.4. The van der Waals surface area contributed by atoms with Crippen LogP contribution in [-0.2, 0) is 30.0 Å². The Morgan fingerprint density at radius 3 is 2.55 bits per heavy atom. The molecule has 0 aromatic heterocycles. The lowest BCUT2D eigenvalue weighted by Crippen LogP contribution is -2.37. The summed E-state index contributed by atoms with van der Waals surface area (Å²) in [4.78, 5) is 35.4. The van der Waals surface area contributed by atoms with E-state index in [2.05, 4.69) is 10.1 Å². The van der Waals surface area contributed by atoms with Crippen molar-refractivity contribution in [2.45, 2.75) is 57.2 Å². The van der Waals surface area contributed by atoms with Crippen molar-refractivity contribution >= 4 is 17.8 Å². The molecule has 1 N–H and O–H groups in total. The lowest BCUT2D eigenvalue weighted by atomic mass is 9.87. The maximum Gasteiger partial charge on any atom is 0.416 e. The molecule has 1 amide bonds. The molecule has 1 aromatic rings. The predicted octanol–water partition coefficient (Wildman–Crippen LogP) is 4.46. The molecule has 0 radical (unpaired) electrons. The van der Waals surface area contributed by atoms with Gasteiger partial charge in [-0.3, -0.25) is 14.4 Å². The summed E-state index contributed by atoms with van der Waals surface area (Å²) in [5, 5.41) is 2.75. The van der Waals surface area contributed by atoms with Crippen molar-refractivity contribution in [1.29, 1.82) is 0 Å². The molecule has 0 aliphatic heterocycles. The summed E-state index contributed by atoms with van der Waals surface area (Å²) >= 11 is 0. The zero-order valence-corrected chi connectivity index (χ0v) is 18.6. The molecule has 1 unspecified atom stereocenters. The Bertz CT molecular complexity index is 908. The van der Waals surface area contributed by atoms with Gasteiger partial charge in [-0.25, -0.2) is 0 Å². The Morgan fingerprint density at radius 1 is 1.18 bits per heavy atom. The van der Waals surface area contributed by atoms with Crippen molar-refractivity contribution in [3.63, 3.8) is 0 Å². The largest absolute Gasteiger partial charge is 0.469 e. The molecule has 33 heavy (non-hydrogen) atoms. The highest BCUT2D eigenvalue weighted by atomic mass is 19.4. The van der Waals surface area contributed by atoms with Crippen LogP contribution < -0.4 is 5.32 Å². The standard InChI is InChI=1S/C24H28F3NO5/c1-3-33-23(31)15-20(28-21(29)11-12-22(30)32-2)13-16-7-9-17(10-8-16)18-5-4-6-19(14-18)24(25,26)27/h4-9,14,17,20H,3,10-13,15H2,1-2H3,(H,28,29)/t17?,20-/m1/s1. The van der Waals surface area contributed by atoms with Crippen LogP contribution in [0.4, 0.5) is 13.2 Å². The zero-order valence-electron chi connectivity index (χ0n) is 18.6. The number of ether oxygens (including phenoxy) is 2. The molecule has 0 saturated heterocycles. The van der Waals surface area contributed by atoms with Gasteiger partial charge in [-0.05, 0) is 31.4 Å². The number of hydrogen-bond acceptors (Lipinski definition) is 5. The second-order valence-corrected chi connectivity index (χ2v) is 7.66. The summed E-state index contributed by atoms with van der Waals surface area (Å²) in [5.41, 5.74) is 0.726. The van der Waals surface area contributed by atoms with Crippen LogP contribution in [0.25, 0.3) is 0 Å². The van der Waals surface area contributed by atoms with E-state index in [4.69, 9.17) is 4.74 Å². The van der Waals surface area contributed by atoms with Crippen molar-refractivity contribution < 1.29 is 37.0 Å². The van der Waals surface area contributed by atoms with Gasteiger partial charge in [-0.1, -0.05) is 42.0 Å². The Labute approximate surface area is 190 Å². The molecule has 2 rings (SSSR count). The molecular weight excluding hydrogens is 439 g/mol. The first-order valence-electron chi connectivity index (χ1n) is 10.7. The highest BCUT2D eigenvalue weighted by Crippen LogP contribution is 2.34. The fourth-order valence-corrected chi connectivity index (χ4v) is 3.51. The quantitative estimate of drug-likeness (QED) is 0.514. The summed E-state index contributed by atoms with van der Waals surface area (Å²) in [6, 6.07) is 4.70. The number of benzene rings is 1. The monoisotopic (exact) mass is 467 g/mol. The van der Waals surface area contributed by atoms with Crippen LogP contribution in [0.5, 0.6) is 0 Å². The van der Waals surface area contributed by atoms with Gasteiger partial charge in [-0.15, -0.1) is 0 Å². The molecule has 1 aliphatic rings. The van der Waals surface area contributed by atoms with Gasteiger partial charge >= 0.3 is 18.1 Å². The van der Waals surface area contributed by atoms with Crippen molar-refractivity contribution in [3.05, 3.63) is 59.2 Å². The molecular formula is C24H28F3NO5. The molecule has 1 aromatic carbocycles. The SMILES string of the molecule is CCOC(=O)C[C@@H](CC1=CCC(c2cccc(C(F)(F)F)c2)C=C1)NC(=O)CCC(=O)OC. The number of rotatable bonds is 10. The van der Waals surface area contributed by atoms with Gasteiger partial charge in [0.25, 0.3) is 0 Å². The third-order valence-electron chi connectivity index (χ3n) is 5.17. The number of alkyl halides is 3. The number of nitrogens with one attached hydrogen (secondary N) is 1. The minimum Gasteiger partial charge on any atom is -0.469 e. The van der Waals surface area contributed by atoms with Gasteiger partial charge < -0.3 is 14.8 Å². The van der Waals surface area contributed by atoms with Crippen LogP contribution in [0.2, 0.25) is 0 Å². The van der Waals surface area contributed by atoms with Crippen LogP contribution in [-0.4, -0.2) is 37.6 Å². The summed E-state index contributed by atoms with van der Waals surface area (Å²) in [5.74, 6) is -1.56. The second kappa shape index (κ2) is 12.2. The van der Waals surface area contributed by atoms with Crippen LogP contribution in [0.1, 0.15) is 56.1 Å². The molecule has 9 heteroatoms. The van der Waals surface area contributed by atoms with Gasteiger partial charge in [0.1, 0.15) is 0 Å². The third kappa shape index (κ3) is 8.75.